The molecule has 1 aliphatic heterocycles. The maximum atomic E-state index is 12.6. The zero-order chi connectivity index (χ0) is 24.0. The number of nitro groups is 1. The average molecular weight is 475 g/mol. The Morgan fingerprint density at radius 3 is 2.42 bits per heavy atom. The van der Waals surface area contributed by atoms with E-state index in [4.69, 9.17) is 0 Å². The third kappa shape index (κ3) is 6.52. The molecule has 0 bridgehead atoms. The van der Waals surface area contributed by atoms with Crippen molar-refractivity contribution in [1.82, 2.24) is 10.2 Å². The normalized spacial score (nSPS) is 15.2. The van der Waals surface area contributed by atoms with Crippen LogP contribution in [-0.2, 0) is 10.0 Å². The Balaban J connectivity index is 1.59. The molecule has 0 unspecified atom stereocenters. The summed E-state index contributed by atoms with van der Waals surface area (Å²) >= 11 is 0. The van der Waals surface area contributed by atoms with E-state index in [1.54, 1.807) is 19.1 Å². The fourth-order valence-corrected chi connectivity index (χ4v) is 4.89. The van der Waals surface area contributed by atoms with Crippen molar-refractivity contribution in [1.29, 1.82) is 0 Å². The quantitative estimate of drug-likeness (QED) is 0.422. The summed E-state index contributed by atoms with van der Waals surface area (Å²) in [7, 11) is -4.01. The topological polar surface area (TPSA) is 122 Å². The minimum absolute atomic E-state index is 0.130. The number of nitro benzene ring substituents is 1. The van der Waals surface area contributed by atoms with Gasteiger partial charge in [-0.1, -0.05) is 19.4 Å². The molecule has 33 heavy (non-hydrogen) atoms. The highest BCUT2D eigenvalue weighted by Gasteiger charge is 2.22. The highest BCUT2D eigenvalue weighted by molar-refractivity contribution is 7.92. The first-order valence-corrected chi connectivity index (χ1v) is 12.6. The van der Waals surface area contributed by atoms with Gasteiger partial charge in [-0.2, -0.15) is 0 Å². The molecule has 0 atom stereocenters. The van der Waals surface area contributed by atoms with Crippen LogP contribution in [0.2, 0.25) is 0 Å². The number of hydrogen-bond acceptors (Lipinski definition) is 6. The van der Waals surface area contributed by atoms with Crippen LogP contribution in [0.25, 0.3) is 0 Å². The predicted octanol–water partition coefficient (Wildman–Crippen LogP) is 3.70. The molecule has 0 radical (unpaired) electrons. The highest BCUT2D eigenvalue weighted by atomic mass is 32.2. The number of likely N-dealkylation sites (tertiary alicyclic amines) is 1. The fraction of sp³-hybridized carbons (Fsp3) is 0.435. The summed E-state index contributed by atoms with van der Waals surface area (Å²) in [4.78, 5) is 25.3. The number of hydrogen-bond donors (Lipinski definition) is 2. The van der Waals surface area contributed by atoms with Crippen molar-refractivity contribution >= 4 is 27.3 Å². The van der Waals surface area contributed by atoms with E-state index in [1.807, 2.05) is 0 Å². The molecule has 0 saturated carbocycles. The Morgan fingerprint density at radius 1 is 1.15 bits per heavy atom. The monoisotopic (exact) mass is 474 g/mol. The molecule has 1 amide bonds. The third-order valence-electron chi connectivity index (χ3n) is 5.84. The van der Waals surface area contributed by atoms with E-state index >= 15 is 0 Å². The first-order valence-electron chi connectivity index (χ1n) is 11.1. The molecule has 2 aromatic carbocycles. The molecule has 1 aliphatic rings. The number of rotatable bonds is 9. The van der Waals surface area contributed by atoms with Crippen LogP contribution in [-0.4, -0.2) is 49.8 Å². The van der Waals surface area contributed by atoms with Gasteiger partial charge in [0.05, 0.1) is 9.82 Å². The van der Waals surface area contributed by atoms with Crippen LogP contribution in [0, 0.1) is 17.0 Å². The van der Waals surface area contributed by atoms with Crippen LogP contribution >= 0.6 is 0 Å². The smallest absolute Gasteiger partial charge is 0.273 e. The highest BCUT2D eigenvalue weighted by Crippen LogP contribution is 2.24. The van der Waals surface area contributed by atoms with Crippen molar-refractivity contribution in [3.63, 3.8) is 0 Å². The number of carbonyl (C=O) groups excluding carboxylic acids is 1. The summed E-state index contributed by atoms with van der Waals surface area (Å²) in [5.74, 6) is -0.189. The van der Waals surface area contributed by atoms with E-state index in [0.717, 1.165) is 38.5 Å². The maximum Gasteiger partial charge on any atom is 0.273 e. The zero-order valence-electron chi connectivity index (χ0n) is 18.9. The van der Waals surface area contributed by atoms with Crippen LogP contribution in [0.5, 0.6) is 0 Å². The second-order valence-electron chi connectivity index (χ2n) is 8.33. The van der Waals surface area contributed by atoms with Crippen LogP contribution < -0.4 is 10.0 Å². The number of piperidine rings is 1. The lowest BCUT2D eigenvalue weighted by molar-refractivity contribution is -0.385. The second kappa shape index (κ2) is 10.8. The molecule has 2 aromatic rings. The Kier molecular flexibility index (Phi) is 8.04. The standard InChI is InChI=1S/C23H30N4O5S/c1-3-4-13-26-14-11-19(12-15-26)24-23(28)18-6-8-20(9-7-18)25-33(31,32)21-10-5-17(2)22(16-21)27(29)30/h5-10,16,19,25H,3-4,11-15H2,1-2H3,(H,24,28). The second-order valence-corrected chi connectivity index (χ2v) is 10.0. The number of carbonyl (C=O) groups is 1. The molecule has 1 fully saturated rings. The van der Waals surface area contributed by atoms with Crippen molar-refractivity contribution in [2.24, 2.45) is 0 Å². The molecule has 0 spiro atoms. The van der Waals surface area contributed by atoms with Crippen LogP contribution in [0.3, 0.4) is 0 Å². The number of unbranched alkanes of at least 4 members (excludes halogenated alkanes) is 1. The summed E-state index contributed by atoms with van der Waals surface area (Å²) in [6, 6.07) is 10.0. The van der Waals surface area contributed by atoms with Crippen LogP contribution in [0.15, 0.2) is 47.4 Å². The average Bonchev–Trinajstić information content (AvgIpc) is 2.78. The van der Waals surface area contributed by atoms with Gasteiger partial charge in [-0.15, -0.1) is 0 Å². The van der Waals surface area contributed by atoms with Gasteiger partial charge in [0.25, 0.3) is 21.6 Å². The van der Waals surface area contributed by atoms with Gasteiger partial charge in [0.2, 0.25) is 0 Å². The number of sulfonamides is 1. The number of nitrogens with one attached hydrogen (secondary N) is 2. The summed E-state index contributed by atoms with van der Waals surface area (Å²) in [6.07, 6.45) is 4.19. The molecule has 1 heterocycles. The van der Waals surface area contributed by atoms with E-state index in [0.29, 0.717) is 11.1 Å². The van der Waals surface area contributed by atoms with Gasteiger partial charge in [0.15, 0.2) is 0 Å². The molecule has 178 valence electrons. The lowest BCUT2D eigenvalue weighted by atomic mass is 10.0. The number of benzene rings is 2. The third-order valence-corrected chi connectivity index (χ3v) is 7.22. The lowest BCUT2D eigenvalue weighted by Gasteiger charge is -2.32. The van der Waals surface area contributed by atoms with Crippen molar-refractivity contribution in [3.05, 3.63) is 63.7 Å². The molecular formula is C23H30N4O5S. The van der Waals surface area contributed by atoms with E-state index in [1.165, 1.54) is 37.1 Å². The molecule has 9 nitrogen and oxygen atoms in total. The first-order chi connectivity index (χ1) is 15.7. The van der Waals surface area contributed by atoms with Crippen molar-refractivity contribution in [3.8, 4) is 0 Å². The minimum Gasteiger partial charge on any atom is -0.349 e. The van der Waals surface area contributed by atoms with E-state index in [2.05, 4.69) is 21.9 Å². The minimum atomic E-state index is -4.01. The number of amides is 1. The SMILES string of the molecule is CCCCN1CCC(NC(=O)c2ccc(NS(=O)(=O)c3ccc(C)c([N+](=O)[O-])c3)cc2)CC1. The zero-order valence-corrected chi connectivity index (χ0v) is 19.7. The van der Waals surface area contributed by atoms with Gasteiger partial charge in [0.1, 0.15) is 0 Å². The van der Waals surface area contributed by atoms with Gasteiger partial charge < -0.3 is 10.2 Å². The van der Waals surface area contributed by atoms with Crippen molar-refractivity contribution in [2.45, 2.75) is 50.5 Å². The number of aryl methyl sites for hydroxylation is 1. The molecule has 10 heteroatoms. The van der Waals surface area contributed by atoms with Gasteiger partial charge in [-0.05, 0) is 63.1 Å². The van der Waals surface area contributed by atoms with E-state index in [9.17, 15) is 23.3 Å². The molecular weight excluding hydrogens is 444 g/mol. The largest absolute Gasteiger partial charge is 0.349 e. The predicted molar refractivity (Wildman–Crippen MR) is 127 cm³/mol. The van der Waals surface area contributed by atoms with Crippen LogP contribution in [0.1, 0.15) is 48.5 Å². The Labute approximate surface area is 194 Å². The Morgan fingerprint density at radius 2 is 1.82 bits per heavy atom. The summed E-state index contributed by atoms with van der Waals surface area (Å²) in [5, 5.41) is 14.2. The van der Waals surface area contributed by atoms with Gasteiger partial charge in [-0.25, -0.2) is 8.42 Å². The van der Waals surface area contributed by atoms with E-state index in [-0.39, 0.29) is 28.2 Å². The van der Waals surface area contributed by atoms with Crippen molar-refractivity contribution in [2.75, 3.05) is 24.4 Å². The molecule has 3 rings (SSSR count). The summed E-state index contributed by atoms with van der Waals surface area (Å²) in [6.45, 7) is 6.77. The first kappa shape index (κ1) is 24.7. The van der Waals surface area contributed by atoms with Crippen LogP contribution in [0.4, 0.5) is 11.4 Å². The lowest BCUT2D eigenvalue weighted by Crippen LogP contribution is -2.44. The molecule has 2 N–H and O–H groups in total. The Bertz CT molecular complexity index is 1090. The molecule has 0 aliphatic carbocycles. The van der Waals surface area contributed by atoms with Crippen molar-refractivity contribution < 1.29 is 18.1 Å². The van der Waals surface area contributed by atoms with Gasteiger partial charge >= 0.3 is 0 Å². The number of nitrogens with zero attached hydrogens (tertiary/aromatic N) is 2. The summed E-state index contributed by atoms with van der Waals surface area (Å²) < 4.78 is 27.7. The van der Waals surface area contributed by atoms with Gasteiger partial charge in [-0.3, -0.25) is 19.6 Å². The molecule has 0 aromatic heterocycles. The van der Waals surface area contributed by atoms with Gasteiger partial charge in [0, 0.05) is 42.0 Å². The van der Waals surface area contributed by atoms with E-state index < -0.39 is 14.9 Å². The summed E-state index contributed by atoms with van der Waals surface area (Å²) in [5.41, 5.74) is 0.818. The number of anilines is 1. The molecule has 1 saturated heterocycles. The Hall–Kier alpha value is -2.98. The fourth-order valence-electron chi connectivity index (χ4n) is 3.81. The maximum absolute atomic E-state index is 12.6.